The predicted octanol–water partition coefficient (Wildman–Crippen LogP) is 4.91. The first kappa shape index (κ1) is 16.3. The zero-order valence-corrected chi connectivity index (χ0v) is 13.8. The largest absolute Gasteiger partial charge is 0.478 e. The molecule has 0 amide bonds. The van der Waals surface area contributed by atoms with Crippen LogP contribution >= 0.6 is 0 Å². The summed E-state index contributed by atoms with van der Waals surface area (Å²) in [5, 5.41) is 9.38. The molecule has 0 unspecified atom stereocenters. The Labute approximate surface area is 132 Å². The van der Waals surface area contributed by atoms with Crippen molar-refractivity contribution in [1.82, 2.24) is 0 Å². The fourth-order valence-corrected chi connectivity index (χ4v) is 2.63. The monoisotopic (exact) mass is 296 g/mol. The molecule has 0 aliphatic carbocycles. The van der Waals surface area contributed by atoms with Crippen LogP contribution < -0.4 is 0 Å². The number of benzene rings is 2. The zero-order chi connectivity index (χ0) is 16.3. The van der Waals surface area contributed by atoms with E-state index in [9.17, 15) is 9.90 Å². The highest BCUT2D eigenvalue weighted by atomic mass is 16.4. The van der Waals surface area contributed by atoms with Crippen molar-refractivity contribution in [3.05, 3.63) is 69.8 Å². The molecule has 0 spiro atoms. The van der Waals surface area contributed by atoms with Gasteiger partial charge in [-0.1, -0.05) is 44.2 Å². The van der Waals surface area contributed by atoms with Crippen molar-refractivity contribution >= 4 is 5.97 Å². The number of aromatic carboxylic acids is 1. The van der Waals surface area contributed by atoms with Crippen LogP contribution in [0, 0.1) is 13.8 Å². The Kier molecular flexibility index (Phi) is 5.02. The lowest BCUT2D eigenvalue weighted by atomic mass is 9.94. The summed E-state index contributed by atoms with van der Waals surface area (Å²) in [5.74, 6) is -0.305. The first-order valence-electron chi connectivity index (χ1n) is 7.80. The van der Waals surface area contributed by atoms with Crippen LogP contribution in [0.2, 0.25) is 0 Å². The van der Waals surface area contributed by atoms with Crippen LogP contribution in [-0.2, 0) is 12.8 Å². The minimum Gasteiger partial charge on any atom is -0.478 e. The number of hydrogen-bond acceptors (Lipinski definition) is 1. The van der Waals surface area contributed by atoms with Crippen LogP contribution in [-0.4, -0.2) is 11.1 Å². The highest BCUT2D eigenvalue weighted by Crippen LogP contribution is 2.20. The standard InChI is InChI=1S/C20H24O2/c1-13(2)17-8-5-16(6-9-17)7-10-18-11-14(3)15(4)12-19(18)20(21)22/h5-6,8-9,11-13H,7,10H2,1-4H3,(H,21,22). The van der Waals surface area contributed by atoms with Gasteiger partial charge < -0.3 is 5.11 Å². The molecule has 0 aliphatic rings. The van der Waals surface area contributed by atoms with Gasteiger partial charge in [0.2, 0.25) is 0 Å². The number of carboxylic acid groups (broad SMARTS) is 1. The van der Waals surface area contributed by atoms with Crippen LogP contribution in [0.5, 0.6) is 0 Å². The molecule has 1 N–H and O–H groups in total. The van der Waals surface area contributed by atoms with Gasteiger partial charge in [-0.15, -0.1) is 0 Å². The Morgan fingerprint density at radius 2 is 1.59 bits per heavy atom. The van der Waals surface area contributed by atoms with Gasteiger partial charge in [0.25, 0.3) is 0 Å². The lowest BCUT2D eigenvalue weighted by molar-refractivity contribution is 0.0695. The van der Waals surface area contributed by atoms with E-state index in [2.05, 4.69) is 38.1 Å². The second-order valence-corrected chi connectivity index (χ2v) is 6.30. The van der Waals surface area contributed by atoms with Crippen LogP contribution in [0.1, 0.15) is 57.9 Å². The van der Waals surface area contributed by atoms with E-state index in [1.165, 1.54) is 11.1 Å². The van der Waals surface area contributed by atoms with E-state index in [0.717, 1.165) is 29.5 Å². The van der Waals surface area contributed by atoms with Gasteiger partial charge in [0.1, 0.15) is 0 Å². The summed E-state index contributed by atoms with van der Waals surface area (Å²) < 4.78 is 0. The molecule has 0 saturated carbocycles. The van der Waals surface area contributed by atoms with Gasteiger partial charge in [-0.25, -0.2) is 4.79 Å². The van der Waals surface area contributed by atoms with E-state index >= 15 is 0 Å². The Morgan fingerprint density at radius 3 is 2.14 bits per heavy atom. The van der Waals surface area contributed by atoms with Gasteiger partial charge in [-0.2, -0.15) is 0 Å². The molecule has 2 nitrogen and oxygen atoms in total. The number of hydrogen-bond donors (Lipinski definition) is 1. The van der Waals surface area contributed by atoms with E-state index in [1.54, 1.807) is 6.07 Å². The van der Waals surface area contributed by atoms with Gasteiger partial charge in [0.05, 0.1) is 5.56 Å². The van der Waals surface area contributed by atoms with Crippen LogP contribution in [0.15, 0.2) is 36.4 Å². The Balaban J connectivity index is 2.17. The van der Waals surface area contributed by atoms with E-state index in [1.807, 2.05) is 19.9 Å². The smallest absolute Gasteiger partial charge is 0.335 e. The summed E-state index contributed by atoms with van der Waals surface area (Å²) in [4.78, 5) is 11.4. The predicted molar refractivity (Wildman–Crippen MR) is 90.8 cm³/mol. The Bertz CT molecular complexity index is 667. The molecule has 0 aromatic heterocycles. The first-order valence-corrected chi connectivity index (χ1v) is 7.80. The van der Waals surface area contributed by atoms with Gasteiger partial charge >= 0.3 is 5.97 Å². The molecule has 0 radical (unpaired) electrons. The van der Waals surface area contributed by atoms with Crippen molar-refractivity contribution in [1.29, 1.82) is 0 Å². The molecule has 0 heterocycles. The van der Waals surface area contributed by atoms with Crippen molar-refractivity contribution < 1.29 is 9.90 Å². The molecule has 2 aromatic rings. The van der Waals surface area contributed by atoms with Gasteiger partial charge in [0.15, 0.2) is 0 Å². The lowest BCUT2D eigenvalue weighted by Gasteiger charge is -2.11. The Hall–Kier alpha value is -2.09. The fraction of sp³-hybridized carbons (Fsp3) is 0.350. The summed E-state index contributed by atoms with van der Waals surface area (Å²) in [6.45, 7) is 8.35. The average Bonchev–Trinajstić information content (AvgIpc) is 2.48. The van der Waals surface area contributed by atoms with Crippen LogP contribution in [0.3, 0.4) is 0 Å². The number of aryl methyl sites for hydroxylation is 4. The first-order chi connectivity index (χ1) is 10.4. The molecular formula is C20H24O2. The molecular weight excluding hydrogens is 272 g/mol. The van der Waals surface area contributed by atoms with Crippen molar-refractivity contribution in [2.75, 3.05) is 0 Å². The maximum Gasteiger partial charge on any atom is 0.335 e. The minimum atomic E-state index is -0.840. The lowest BCUT2D eigenvalue weighted by Crippen LogP contribution is -2.05. The van der Waals surface area contributed by atoms with Crippen molar-refractivity contribution in [3.63, 3.8) is 0 Å². The summed E-state index contributed by atoms with van der Waals surface area (Å²) in [5.41, 5.74) is 6.11. The summed E-state index contributed by atoms with van der Waals surface area (Å²) in [6, 6.07) is 12.4. The van der Waals surface area contributed by atoms with E-state index in [-0.39, 0.29) is 0 Å². The molecule has 0 aliphatic heterocycles. The topological polar surface area (TPSA) is 37.3 Å². The van der Waals surface area contributed by atoms with Crippen molar-refractivity contribution in [2.24, 2.45) is 0 Å². The molecule has 2 rings (SSSR count). The minimum absolute atomic E-state index is 0.432. The normalized spacial score (nSPS) is 11.0. The van der Waals surface area contributed by atoms with Gasteiger partial charge in [-0.3, -0.25) is 0 Å². The van der Waals surface area contributed by atoms with Gasteiger partial charge in [-0.05, 0) is 66.5 Å². The summed E-state index contributed by atoms with van der Waals surface area (Å²) >= 11 is 0. The summed E-state index contributed by atoms with van der Waals surface area (Å²) in [6.07, 6.45) is 1.62. The SMILES string of the molecule is Cc1cc(CCc2ccc(C(C)C)cc2)c(C(=O)O)cc1C. The highest BCUT2D eigenvalue weighted by Gasteiger charge is 2.12. The van der Waals surface area contributed by atoms with E-state index < -0.39 is 5.97 Å². The third-order valence-electron chi connectivity index (χ3n) is 4.28. The fourth-order valence-electron chi connectivity index (χ4n) is 2.63. The van der Waals surface area contributed by atoms with Crippen molar-refractivity contribution in [3.8, 4) is 0 Å². The molecule has 0 bridgehead atoms. The molecule has 22 heavy (non-hydrogen) atoms. The molecule has 116 valence electrons. The van der Waals surface area contributed by atoms with Crippen LogP contribution in [0.4, 0.5) is 0 Å². The molecule has 0 fully saturated rings. The van der Waals surface area contributed by atoms with Crippen molar-refractivity contribution in [2.45, 2.75) is 46.5 Å². The zero-order valence-electron chi connectivity index (χ0n) is 13.8. The Morgan fingerprint density at radius 1 is 1.00 bits per heavy atom. The number of rotatable bonds is 5. The summed E-state index contributed by atoms with van der Waals surface area (Å²) in [7, 11) is 0. The average molecular weight is 296 g/mol. The number of carboxylic acids is 1. The van der Waals surface area contributed by atoms with Crippen LogP contribution in [0.25, 0.3) is 0 Å². The highest BCUT2D eigenvalue weighted by molar-refractivity contribution is 5.89. The maximum atomic E-state index is 11.4. The molecule has 0 saturated heterocycles. The third kappa shape index (κ3) is 3.76. The molecule has 2 heteroatoms. The molecule has 0 atom stereocenters. The second kappa shape index (κ2) is 6.78. The molecule has 2 aromatic carbocycles. The second-order valence-electron chi connectivity index (χ2n) is 6.30. The van der Waals surface area contributed by atoms with E-state index in [0.29, 0.717) is 11.5 Å². The third-order valence-corrected chi connectivity index (χ3v) is 4.28. The van der Waals surface area contributed by atoms with E-state index in [4.69, 9.17) is 0 Å². The maximum absolute atomic E-state index is 11.4. The quantitative estimate of drug-likeness (QED) is 0.851. The number of carbonyl (C=O) groups is 1. The van der Waals surface area contributed by atoms with Gasteiger partial charge in [0, 0.05) is 0 Å².